The zero-order valence-corrected chi connectivity index (χ0v) is 13.9. The smallest absolute Gasteiger partial charge is 0.287 e. The molecule has 2 aromatic rings. The maximum atomic E-state index is 11.9. The molecule has 0 bridgehead atoms. The summed E-state index contributed by atoms with van der Waals surface area (Å²) < 4.78 is 7.07. The standard InChI is InChI=1S/C17H20ClN3O2/c1-20-17(22)16(18)15(9-19-20)21-8-7-14(10-21)12-23-11-13-5-3-2-4-6-13/h2-6,9,14H,7-8,10-12H2,1H3/t14-/m0/s1. The zero-order valence-electron chi connectivity index (χ0n) is 13.1. The molecule has 122 valence electrons. The fraction of sp³-hybridized carbons (Fsp3) is 0.412. The number of hydrogen-bond acceptors (Lipinski definition) is 4. The van der Waals surface area contributed by atoms with Gasteiger partial charge in [0.2, 0.25) is 0 Å². The number of anilines is 1. The molecule has 0 amide bonds. The molecule has 6 heteroatoms. The van der Waals surface area contributed by atoms with Gasteiger partial charge in [-0.3, -0.25) is 4.79 Å². The predicted molar refractivity (Wildman–Crippen MR) is 90.9 cm³/mol. The Balaban J connectivity index is 1.55. The van der Waals surface area contributed by atoms with Gasteiger partial charge in [-0.1, -0.05) is 41.9 Å². The molecule has 0 aliphatic carbocycles. The van der Waals surface area contributed by atoms with E-state index in [9.17, 15) is 4.79 Å². The Bertz CT molecular complexity index is 718. The van der Waals surface area contributed by atoms with Gasteiger partial charge in [0.05, 0.1) is 25.1 Å². The van der Waals surface area contributed by atoms with Crippen LogP contribution in [0, 0.1) is 5.92 Å². The minimum absolute atomic E-state index is 0.244. The second kappa shape index (κ2) is 7.15. The molecule has 0 radical (unpaired) electrons. The first-order valence-corrected chi connectivity index (χ1v) is 8.11. The molecule has 0 spiro atoms. The van der Waals surface area contributed by atoms with Gasteiger partial charge in [-0.05, 0) is 12.0 Å². The molecule has 0 N–H and O–H groups in total. The molecule has 0 unspecified atom stereocenters. The number of ether oxygens (including phenoxy) is 1. The Kier molecular flexibility index (Phi) is 4.98. The lowest BCUT2D eigenvalue weighted by atomic mass is 10.1. The predicted octanol–water partition coefficient (Wildman–Crippen LogP) is 2.48. The minimum atomic E-state index is -0.257. The van der Waals surface area contributed by atoms with Gasteiger partial charge in [-0.15, -0.1) is 0 Å². The van der Waals surface area contributed by atoms with Crippen molar-refractivity contribution in [3.05, 3.63) is 57.5 Å². The van der Waals surface area contributed by atoms with Crippen LogP contribution in [0.2, 0.25) is 5.02 Å². The molecule has 2 heterocycles. The number of aromatic nitrogens is 2. The van der Waals surface area contributed by atoms with E-state index in [0.29, 0.717) is 19.1 Å². The van der Waals surface area contributed by atoms with E-state index in [0.717, 1.165) is 25.2 Å². The van der Waals surface area contributed by atoms with Crippen LogP contribution < -0.4 is 10.5 Å². The average molecular weight is 334 g/mol. The van der Waals surface area contributed by atoms with Gasteiger partial charge in [-0.2, -0.15) is 5.10 Å². The number of rotatable bonds is 5. The summed E-state index contributed by atoms with van der Waals surface area (Å²) in [6, 6.07) is 10.2. The van der Waals surface area contributed by atoms with E-state index in [1.807, 2.05) is 18.2 Å². The van der Waals surface area contributed by atoms with Gasteiger partial charge in [0.1, 0.15) is 5.02 Å². The van der Waals surface area contributed by atoms with Gasteiger partial charge in [-0.25, -0.2) is 4.68 Å². The van der Waals surface area contributed by atoms with Crippen LogP contribution in [0.1, 0.15) is 12.0 Å². The Morgan fingerprint density at radius 3 is 2.91 bits per heavy atom. The van der Waals surface area contributed by atoms with E-state index in [1.165, 1.54) is 10.2 Å². The van der Waals surface area contributed by atoms with Crippen molar-refractivity contribution in [3.8, 4) is 0 Å². The number of benzene rings is 1. The molecule has 5 nitrogen and oxygen atoms in total. The second-order valence-electron chi connectivity index (χ2n) is 5.87. The molecule has 0 saturated carbocycles. The average Bonchev–Trinajstić information content (AvgIpc) is 3.02. The van der Waals surface area contributed by atoms with Crippen LogP contribution >= 0.6 is 11.6 Å². The zero-order chi connectivity index (χ0) is 16.2. The molecule has 1 aliphatic heterocycles. The van der Waals surface area contributed by atoms with Crippen molar-refractivity contribution >= 4 is 17.3 Å². The van der Waals surface area contributed by atoms with Gasteiger partial charge in [0.25, 0.3) is 5.56 Å². The van der Waals surface area contributed by atoms with Gasteiger partial charge < -0.3 is 9.64 Å². The summed E-state index contributed by atoms with van der Waals surface area (Å²) in [5, 5.41) is 4.30. The summed E-state index contributed by atoms with van der Waals surface area (Å²) in [5.74, 6) is 0.443. The van der Waals surface area contributed by atoms with Crippen molar-refractivity contribution in [1.82, 2.24) is 9.78 Å². The largest absolute Gasteiger partial charge is 0.376 e. The quantitative estimate of drug-likeness (QED) is 0.843. The highest BCUT2D eigenvalue weighted by atomic mass is 35.5. The Morgan fingerprint density at radius 2 is 2.13 bits per heavy atom. The first-order chi connectivity index (χ1) is 11.1. The van der Waals surface area contributed by atoms with Crippen LogP contribution in [0.25, 0.3) is 0 Å². The fourth-order valence-electron chi connectivity index (χ4n) is 2.83. The molecule has 1 saturated heterocycles. The first kappa shape index (κ1) is 16.0. The number of hydrogen-bond donors (Lipinski definition) is 0. The third-order valence-electron chi connectivity index (χ3n) is 4.15. The van der Waals surface area contributed by atoms with Gasteiger partial charge in [0, 0.05) is 26.1 Å². The van der Waals surface area contributed by atoms with Crippen molar-refractivity contribution in [2.45, 2.75) is 13.0 Å². The Hall–Kier alpha value is -1.85. The minimum Gasteiger partial charge on any atom is -0.376 e. The lowest BCUT2D eigenvalue weighted by molar-refractivity contribution is 0.0929. The maximum absolute atomic E-state index is 11.9. The third kappa shape index (κ3) is 3.74. The molecule has 1 aliphatic rings. The van der Waals surface area contributed by atoms with E-state index in [-0.39, 0.29) is 10.6 Å². The summed E-state index contributed by atoms with van der Waals surface area (Å²) in [6.45, 7) is 3.05. The SMILES string of the molecule is Cn1ncc(N2CC[C@H](COCc3ccccc3)C2)c(Cl)c1=O. The number of aryl methyl sites for hydroxylation is 1. The molecule has 3 rings (SSSR count). The molecular weight excluding hydrogens is 314 g/mol. The molecule has 1 fully saturated rings. The number of halogens is 1. The van der Waals surface area contributed by atoms with Crippen molar-refractivity contribution in [2.75, 3.05) is 24.6 Å². The van der Waals surface area contributed by atoms with Crippen LogP contribution in [-0.4, -0.2) is 29.5 Å². The monoisotopic (exact) mass is 333 g/mol. The van der Waals surface area contributed by atoms with E-state index in [4.69, 9.17) is 16.3 Å². The maximum Gasteiger partial charge on any atom is 0.287 e. The van der Waals surface area contributed by atoms with Crippen molar-refractivity contribution < 1.29 is 4.74 Å². The van der Waals surface area contributed by atoms with E-state index >= 15 is 0 Å². The summed E-state index contributed by atoms with van der Waals surface area (Å²) in [4.78, 5) is 14.0. The van der Waals surface area contributed by atoms with Crippen LogP contribution in [0.15, 0.2) is 41.3 Å². The normalized spacial score (nSPS) is 17.7. The highest BCUT2D eigenvalue weighted by Gasteiger charge is 2.25. The molecule has 1 aromatic carbocycles. The van der Waals surface area contributed by atoms with Crippen LogP contribution in [0.3, 0.4) is 0 Å². The van der Waals surface area contributed by atoms with Crippen molar-refractivity contribution in [2.24, 2.45) is 13.0 Å². The lowest BCUT2D eigenvalue weighted by Crippen LogP contribution is -2.27. The number of nitrogens with zero attached hydrogens (tertiary/aromatic N) is 3. The topological polar surface area (TPSA) is 47.4 Å². The van der Waals surface area contributed by atoms with E-state index in [1.54, 1.807) is 13.2 Å². The van der Waals surface area contributed by atoms with E-state index < -0.39 is 0 Å². The first-order valence-electron chi connectivity index (χ1n) is 7.73. The summed E-state index contributed by atoms with van der Waals surface area (Å²) in [7, 11) is 1.60. The van der Waals surface area contributed by atoms with Gasteiger partial charge in [0.15, 0.2) is 0 Å². The Morgan fingerprint density at radius 1 is 1.35 bits per heavy atom. The van der Waals surface area contributed by atoms with Crippen LogP contribution in [-0.2, 0) is 18.4 Å². The second-order valence-corrected chi connectivity index (χ2v) is 6.25. The molecular formula is C17H20ClN3O2. The summed E-state index contributed by atoms with van der Waals surface area (Å²) in [5.41, 5.74) is 1.65. The molecule has 1 aromatic heterocycles. The highest BCUT2D eigenvalue weighted by Crippen LogP contribution is 2.27. The Labute approximate surface area is 140 Å². The fourth-order valence-corrected chi connectivity index (χ4v) is 3.12. The molecule has 23 heavy (non-hydrogen) atoms. The van der Waals surface area contributed by atoms with Gasteiger partial charge >= 0.3 is 0 Å². The highest BCUT2D eigenvalue weighted by molar-refractivity contribution is 6.33. The van der Waals surface area contributed by atoms with Crippen molar-refractivity contribution in [1.29, 1.82) is 0 Å². The van der Waals surface area contributed by atoms with Crippen LogP contribution in [0.5, 0.6) is 0 Å². The third-order valence-corrected chi connectivity index (χ3v) is 4.51. The van der Waals surface area contributed by atoms with Crippen LogP contribution in [0.4, 0.5) is 5.69 Å². The lowest BCUT2D eigenvalue weighted by Gasteiger charge is -2.19. The summed E-state index contributed by atoms with van der Waals surface area (Å²) in [6.07, 6.45) is 2.69. The molecule has 1 atom stereocenters. The van der Waals surface area contributed by atoms with Crippen molar-refractivity contribution in [3.63, 3.8) is 0 Å². The van der Waals surface area contributed by atoms with E-state index in [2.05, 4.69) is 22.1 Å². The summed E-state index contributed by atoms with van der Waals surface area (Å²) >= 11 is 6.16.